The Morgan fingerprint density at radius 2 is 2.17 bits per heavy atom. The molecule has 3 heterocycles. The van der Waals surface area contributed by atoms with Gasteiger partial charge in [-0.25, -0.2) is 4.98 Å². The quantitative estimate of drug-likeness (QED) is 0.872. The van der Waals surface area contributed by atoms with Crippen molar-refractivity contribution in [2.45, 2.75) is 51.7 Å². The number of nitrogens with zero attached hydrogens (tertiary/aromatic N) is 3. The fraction of sp³-hybridized carbons (Fsp3) is 0.667. The Hall–Kier alpha value is -1.24. The summed E-state index contributed by atoms with van der Waals surface area (Å²) in [4.78, 5) is 4.76. The van der Waals surface area contributed by atoms with Crippen LogP contribution in [-0.4, -0.2) is 27.9 Å². The van der Waals surface area contributed by atoms with Crippen molar-refractivity contribution in [1.29, 1.82) is 0 Å². The number of aryl methyl sites for hydroxylation is 2. The molecule has 2 fully saturated rings. The van der Waals surface area contributed by atoms with Crippen LogP contribution in [-0.2, 0) is 18.3 Å². The van der Waals surface area contributed by atoms with Gasteiger partial charge in [-0.3, -0.25) is 4.68 Å². The molecule has 130 valence electrons. The summed E-state index contributed by atoms with van der Waals surface area (Å²) in [5.41, 5.74) is 4.79. The van der Waals surface area contributed by atoms with Gasteiger partial charge in [-0.05, 0) is 33.1 Å². The van der Waals surface area contributed by atoms with Crippen LogP contribution in [0.5, 0.6) is 0 Å². The predicted octanol–water partition coefficient (Wildman–Crippen LogP) is 3.24. The van der Waals surface area contributed by atoms with Crippen LogP contribution in [0.4, 0.5) is 0 Å². The van der Waals surface area contributed by atoms with Crippen LogP contribution in [0.1, 0.15) is 58.9 Å². The molecule has 1 saturated heterocycles. The van der Waals surface area contributed by atoms with Crippen LogP contribution in [0.15, 0.2) is 5.38 Å². The van der Waals surface area contributed by atoms with Gasteiger partial charge in [0.25, 0.3) is 0 Å². The Morgan fingerprint density at radius 3 is 2.88 bits per heavy atom. The molecule has 0 spiro atoms. The monoisotopic (exact) mass is 346 g/mol. The summed E-state index contributed by atoms with van der Waals surface area (Å²) in [6.07, 6.45) is 3.93. The predicted molar refractivity (Wildman–Crippen MR) is 95.3 cm³/mol. The average molecular weight is 347 g/mol. The molecular weight excluding hydrogens is 320 g/mol. The molecule has 0 aromatic carbocycles. The van der Waals surface area contributed by atoms with Crippen molar-refractivity contribution in [1.82, 2.24) is 20.1 Å². The number of aromatic nitrogens is 3. The van der Waals surface area contributed by atoms with Gasteiger partial charge in [0.1, 0.15) is 0 Å². The third-order valence-electron chi connectivity index (χ3n) is 5.27. The molecule has 0 bridgehead atoms. The topological polar surface area (TPSA) is 52.0 Å². The SMILES string of the molecule is Cc1nn(C)c(C)c1[C@H]1OCC[C@H]1CNCc1csc(C2CC2)n1. The molecule has 2 aromatic rings. The minimum absolute atomic E-state index is 0.170. The molecule has 1 aliphatic carbocycles. The molecule has 2 aromatic heterocycles. The van der Waals surface area contributed by atoms with E-state index in [0.29, 0.717) is 5.92 Å². The molecule has 2 atom stereocenters. The minimum atomic E-state index is 0.170. The van der Waals surface area contributed by atoms with Gasteiger partial charge in [-0.15, -0.1) is 11.3 Å². The van der Waals surface area contributed by atoms with E-state index in [2.05, 4.69) is 29.6 Å². The first kappa shape index (κ1) is 16.2. The normalized spacial score (nSPS) is 24.0. The number of hydrogen-bond donors (Lipinski definition) is 1. The van der Waals surface area contributed by atoms with Gasteiger partial charge in [-0.2, -0.15) is 5.10 Å². The van der Waals surface area contributed by atoms with Crippen LogP contribution in [0.2, 0.25) is 0 Å². The molecule has 6 heteroatoms. The molecule has 4 rings (SSSR count). The summed E-state index contributed by atoms with van der Waals surface area (Å²) in [5, 5.41) is 11.7. The van der Waals surface area contributed by atoms with Crippen molar-refractivity contribution in [3.8, 4) is 0 Å². The molecule has 1 aliphatic heterocycles. The Bertz CT molecular complexity index is 719. The van der Waals surface area contributed by atoms with E-state index in [9.17, 15) is 0 Å². The summed E-state index contributed by atoms with van der Waals surface area (Å²) >= 11 is 1.82. The fourth-order valence-corrected chi connectivity index (χ4v) is 4.66. The number of thiazole rings is 1. The van der Waals surface area contributed by atoms with E-state index in [1.165, 1.54) is 34.8 Å². The summed E-state index contributed by atoms with van der Waals surface area (Å²) < 4.78 is 8.03. The number of hydrogen-bond acceptors (Lipinski definition) is 5. The average Bonchev–Trinajstić information content (AvgIpc) is 3.03. The van der Waals surface area contributed by atoms with E-state index in [1.54, 1.807) is 0 Å². The van der Waals surface area contributed by atoms with Gasteiger partial charge in [0, 0.05) is 55.2 Å². The zero-order valence-electron chi connectivity index (χ0n) is 14.7. The third kappa shape index (κ3) is 3.15. The minimum Gasteiger partial charge on any atom is -0.373 e. The fourth-order valence-electron chi connectivity index (χ4n) is 3.67. The first-order valence-corrected chi connectivity index (χ1v) is 9.78. The summed E-state index contributed by atoms with van der Waals surface area (Å²) in [7, 11) is 2.01. The van der Waals surface area contributed by atoms with E-state index in [-0.39, 0.29) is 6.10 Å². The molecule has 2 aliphatic rings. The highest BCUT2D eigenvalue weighted by Gasteiger charge is 2.33. The third-order valence-corrected chi connectivity index (χ3v) is 6.33. The largest absolute Gasteiger partial charge is 0.373 e. The van der Waals surface area contributed by atoms with Crippen LogP contribution >= 0.6 is 11.3 Å². The highest BCUT2D eigenvalue weighted by atomic mass is 32.1. The molecule has 24 heavy (non-hydrogen) atoms. The van der Waals surface area contributed by atoms with Crippen molar-refractivity contribution in [3.05, 3.63) is 33.0 Å². The second-order valence-corrected chi connectivity index (χ2v) is 8.02. The standard InChI is InChI=1S/C18H26N4OS/c1-11-16(12(2)22(3)21-11)17-14(6-7-23-17)8-19-9-15-10-24-18(20-15)13-4-5-13/h10,13-14,17,19H,4-9H2,1-3H3/t14-,17-/m0/s1. The maximum Gasteiger partial charge on any atom is 0.0959 e. The lowest BCUT2D eigenvalue weighted by molar-refractivity contribution is 0.0893. The van der Waals surface area contributed by atoms with Crippen molar-refractivity contribution in [2.75, 3.05) is 13.2 Å². The lowest BCUT2D eigenvalue weighted by Gasteiger charge is -2.19. The Kier molecular flexibility index (Phi) is 4.45. The van der Waals surface area contributed by atoms with Crippen molar-refractivity contribution < 1.29 is 4.74 Å². The lowest BCUT2D eigenvalue weighted by atomic mass is 9.94. The molecule has 5 nitrogen and oxygen atoms in total. The Balaban J connectivity index is 1.36. The van der Waals surface area contributed by atoms with Crippen molar-refractivity contribution in [2.24, 2.45) is 13.0 Å². The van der Waals surface area contributed by atoms with E-state index in [1.807, 2.05) is 23.1 Å². The van der Waals surface area contributed by atoms with Gasteiger partial charge < -0.3 is 10.1 Å². The second-order valence-electron chi connectivity index (χ2n) is 7.13. The summed E-state index contributed by atoms with van der Waals surface area (Å²) in [6.45, 7) is 6.89. The van der Waals surface area contributed by atoms with E-state index in [0.717, 1.165) is 37.7 Å². The molecule has 0 unspecified atom stereocenters. The van der Waals surface area contributed by atoms with Gasteiger partial charge in [-0.1, -0.05) is 0 Å². The highest BCUT2D eigenvalue weighted by molar-refractivity contribution is 7.09. The Morgan fingerprint density at radius 1 is 1.33 bits per heavy atom. The number of rotatable bonds is 6. The highest BCUT2D eigenvalue weighted by Crippen LogP contribution is 2.41. The van der Waals surface area contributed by atoms with Crippen molar-refractivity contribution in [3.63, 3.8) is 0 Å². The van der Waals surface area contributed by atoms with Gasteiger partial charge >= 0.3 is 0 Å². The maximum absolute atomic E-state index is 6.07. The molecule has 1 saturated carbocycles. The second kappa shape index (κ2) is 6.58. The van der Waals surface area contributed by atoms with Crippen LogP contribution in [0.25, 0.3) is 0 Å². The van der Waals surface area contributed by atoms with E-state index >= 15 is 0 Å². The van der Waals surface area contributed by atoms with Crippen LogP contribution in [0, 0.1) is 19.8 Å². The molecule has 0 amide bonds. The zero-order valence-corrected chi connectivity index (χ0v) is 15.5. The smallest absolute Gasteiger partial charge is 0.0959 e. The summed E-state index contributed by atoms with van der Waals surface area (Å²) in [5.74, 6) is 1.26. The van der Waals surface area contributed by atoms with E-state index < -0.39 is 0 Å². The van der Waals surface area contributed by atoms with Crippen LogP contribution < -0.4 is 5.32 Å². The summed E-state index contributed by atoms with van der Waals surface area (Å²) in [6, 6.07) is 0. The van der Waals surface area contributed by atoms with Gasteiger partial charge in [0.2, 0.25) is 0 Å². The van der Waals surface area contributed by atoms with Crippen LogP contribution in [0.3, 0.4) is 0 Å². The number of nitrogens with one attached hydrogen (secondary N) is 1. The van der Waals surface area contributed by atoms with Crippen molar-refractivity contribution >= 4 is 11.3 Å². The molecule has 1 N–H and O–H groups in total. The maximum atomic E-state index is 6.07. The molecular formula is C18H26N4OS. The number of ether oxygens (including phenoxy) is 1. The van der Waals surface area contributed by atoms with Gasteiger partial charge in [0.15, 0.2) is 0 Å². The van der Waals surface area contributed by atoms with E-state index in [4.69, 9.17) is 9.72 Å². The van der Waals surface area contributed by atoms with Gasteiger partial charge in [0.05, 0.1) is 22.5 Å². The first-order chi connectivity index (χ1) is 11.6. The first-order valence-electron chi connectivity index (χ1n) is 8.90. The molecule has 0 radical (unpaired) electrons. The zero-order chi connectivity index (χ0) is 16.7. The Labute approximate surface area is 147 Å². The lowest BCUT2D eigenvalue weighted by Crippen LogP contribution is -2.25.